The molecular weight excluding hydrogens is 264 g/mol. The molecular formula is C13H14N2O3S. The van der Waals surface area contributed by atoms with Crippen LogP contribution in [0.2, 0.25) is 0 Å². The molecule has 5 nitrogen and oxygen atoms in total. The number of hydrogen-bond donors (Lipinski definition) is 1. The second kappa shape index (κ2) is 6.75. The highest BCUT2D eigenvalue weighted by Crippen LogP contribution is 2.18. The number of aromatic nitrogens is 1. The van der Waals surface area contributed by atoms with Crippen molar-refractivity contribution in [1.82, 2.24) is 4.98 Å². The molecule has 0 saturated carbocycles. The number of nitrogens with one attached hydrogen (secondary N) is 1. The van der Waals surface area contributed by atoms with Crippen molar-refractivity contribution in [2.45, 2.75) is 0 Å². The molecule has 1 aromatic carbocycles. The molecule has 1 N–H and O–H groups in total. The van der Waals surface area contributed by atoms with Gasteiger partial charge in [0, 0.05) is 0 Å². The fourth-order valence-electron chi connectivity index (χ4n) is 1.39. The Morgan fingerprint density at radius 3 is 2.89 bits per heavy atom. The summed E-state index contributed by atoms with van der Waals surface area (Å²) in [6.45, 7) is 1.14. The van der Waals surface area contributed by atoms with Gasteiger partial charge in [-0.15, -0.1) is 0 Å². The van der Waals surface area contributed by atoms with Crippen molar-refractivity contribution >= 4 is 22.4 Å². The summed E-state index contributed by atoms with van der Waals surface area (Å²) in [6, 6.07) is 9.59. The largest absolute Gasteiger partial charge is 0.492 e. The summed E-state index contributed by atoms with van der Waals surface area (Å²) in [6.07, 6.45) is 1.50. The number of thiazole rings is 1. The van der Waals surface area contributed by atoms with Gasteiger partial charge in [0.05, 0.1) is 19.9 Å². The van der Waals surface area contributed by atoms with Gasteiger partial charge in [0.15, 0.2) is 5.13 Å². The number of methoxy groups -OCH3 is 1. The van der Waals surface area contributed by atoms with Crippen molar-refractivity contribution in [2.75, 3.05) is 25.6 Å². The summed E-state index contributed by atoms with van der Waals surface area (Å²) in [7, 11) is 1.35. The molecule has 0 aliphatic heterocycles. The summed E-state index contributed by atoms with van der Waals surface area (Å²) in [5.41, 5.74) is 0. The van der Waals surface area contributed by atoms with E-state index in [0.717, 1.165) is 5.75 Å². The van der Waals surface area contributed by atoms with Crippen LogP contribution < -0.4 is 10.1 Å². The number of carbonyl (C=O) groups excluding carboxylic acids is 1. The van der Waals surface area contributed by atoms with E-state index in [1.165, 1.54) is 24.6 Å². The van der Waals surface area contributed by atoms with Crippen LogP contribution in [0.4, 0.5) is 5.13 Å². The van der Waals surface area contributed by atoms with Crippen molar-refractivity contribution < 1.29 is 14.3 Å². The molecule has 0 bridgehead atoms. The van der Waals surface area contributed by atoms with E-state index in [9.17, 15) is 4.79 Å². The van der Waals surface area contributed by atoms with Crippen LogP contribution in [0.5, 0.6) is 5.75 Å². The average Bonchev–Trinajstić information content (AvgIpc) is 2.93. The number of ether oxygens (including phenoxy) is 2. The number of carbonyl (C=O) groups is 1. The van der Waals surface area contributed by atoms with Crippen LogP contribution in [0, 0.1) is 0 Å². The number of esters is 1. The van der Waals surface area contributed by atoms with Gasteiger partial charge in [0.1, 0.15) is 17.2 Å². The third-order valence-corrected chi connectivity index (χ3v) is 3.22. The lowest BCUT2D eigenvalue weighted by Crippen LogP contribution is -2.11. The van der Waals surface area contributed by atoms with E-state index >= 15 is 0 Å². The average molecular weight is 278 g/mol. The van der Waals surface area contributed by atoms with Crippen molar-refractivity contribution in [1.29, 1.82) is 0 Å². The molecule has 6 heteroatoms. The van der Waals surface area contributed by atoms with Gasteiger partial charge in [-0.1, -0.05) is 29.5 Å². The van der Waals surface area contributed by atoms with Crippen molar-refractivity contribution in [3.63, 3.8) is 0 Å². The maximum atomic E-state index is 11.2. The maximum absolute atomic E-state index is 11.2. The zero-order valence-corrected chi connectivity index (χ0v) is 11.3. The van der Waals surface area contributed by atoms with Gasteiger partial charge in [0.25, 0.3) is 0 Å². The Kier molecular flexibility index (Phi) is 4.74. The van der Waals surface area contributed by atoms with Crippen LogP contribution in [-0.4, -0.2) is 31.2 Å². The smallest absolute Gasteiger partial charge is 0.349 e. The van der Waals surface area contributed by atoms with Crippen LogP contribution in [0.1, 0.15) is 9.67 Å². The van der Waals surface area contributed by atoms with Gasteiger partial charge >= 0.3 is 5.97 Å². The minimum atomic E-state index is -0.369. The van der Waals surface area contributed by atoms with E-state index in [2.05, 4.69) is 15.0 Å². The summed E-state index contributed by atoms with van der Waals surface area (Å²) >= 11 is 1.26. The Balaban J connectivity index is 1.74. The van der Waals surface area contributed by atoms with Gasteiger partial charge < -0.3 is 14.8 Å². The third-order valence-electron chi connectivity index (χ3n) is 2.28. The Bertz CT molecular complexity index is 528. The number of anilines is 1. The normalized spacial score (nSPS) is 9.95. The summed E-state index contributed by atoms with van der Waals surface area (Å²) in [5.74, 6) is 0.463. The fraction of sp³-hybridized carbons (Fsp3) is 0.231. The van der Waals surface area contributed by atoms with Crippen LogP contribution >= 0.6 is 11.3 Å². The second-order valence-electron chi connectivity index (χ2n) is 3.61. The topological polar surface area (TPSA) is 60.5 Å². The molecule has 0 radical (unpaired) electrons. The van der Waals surface area contributed by atoms with Crippen LogP contribution in [0.25, 0.3) is 0 Å². The van der Waals surface area contributed by atoms with E-state index in [4.69, 9.17) is 4.74 Å². The van der Waals surface area contributed by atoms with Gasteiger partial charge in [0.2, 0.25) is 0 Å². The van der Waals surface area contributed by atoms with Crippen LogP contribution in [-0.2, 0) is 4.74 Å². The Labute approximate surface area is 115 Å². The summed E-state index contributed by atoms with van der Waals surface area (Å²) in [4.78, 5) is 15.8. The zero-order valence-electron chi connectivity index (χ0n) is 10.5. The number of rotatable bonds is 6. The van der Waals surface area contributed by atoms with Crippen LogP contribution in [0.15, 0.2) is 36.5 Å². The molecule has 0 spiro atoms. The van der Waals surface area contributed by atoms with E-state index in [1.807, 2.05) is 30.3 Å². The highest BCUT2D eigenvalue weighted by atomic mass is 32.1. The van der Waals surface area contributed by atoms with E-state index in [-0.39, 0.29) is 5.97 Å². The molecule has 2 aromatic rings. The van der Waals surface area contributed by atoms with E-state index in [1.54, 1.807) is 0 Å². The lowest BCUT2D eigenvalue weighted by Gasteiger charge is -2.06. The fourth-order valence-corrected chi connectivity index (χ4v) is 2.15. The zero-order chi connectivity index (χ0) is 13.5. The Morgan fingerprint density at radius 2 is 2.16 bits per heavy atom. The quantitative estimate of drug-likeness (QED) is 0.649. The van der Waals surface area contributed by atoms with Crippen molar-refractivity contribution in [3.05, 3.63) is 41.4 Å². The summed E-state index contributed by atoms with van der Waals surface area (Å²) < 4.78 is 10.1. The molecule has 0 atom stereocenters. The first-order chi connectivity index (χ1) is 9.29. The predicted molar refractivity (Wildman–Crippen MR) is 73.9 cm³/mol. The minimum absolute atomic E-state index is 0.369. The lowest BCUT2D eigenvalue weighted by molar-refractivity contribution is 0.0606. The third kappa shape index (κ3) is 3.96. The SMILES string of the molecule is COC(=O)c1cnc(NCCOc2ccccc2)s1. The van der Waals surface area contributed by atoms with E-state index in [0.29, 0.717) is 23.2 Å². The van der Waals surface area contributed by atoms with Crippen molar-refractivity contribution in [2.24, 2.45) is 0 Å². The monoisotopic (exact) mass is 278 g/mol. The maximum Gasteiger partial charge on any atom is 0.349 e. The second-order valence-corrected chi connectivity index (χ2v) is 4.64. The number of nitrogens with zero attached hydrogens (tertiary/aromatic N) is 1. The molecule has 0 aliphatic carbocycles. The van der Waals surface area contributed by atoms with Gasteiger partial charge in [-0.3, -0.25) is 0 Å². The highest BCUT2D eigenvalue weighted by molar-refractivity contribution is 7.17. The first-order valence-electron chi connectivity index (χ1n) is 5.75. The molecule has 0 aliphatic rings. The molecule has 2 rings (SSSR count). The minimum Gasteiger partial charge on any atom is -0.492 e. The molecule has 19 heavy (non-hydrogen) atoms. The number of benzene rings is 1. The highest BCUT2D eigenvalue weighted by Gasteiger charge is 2.09. The van der Waals surface area contributed by atoms with E-state index < -0.39 is 0 Å². The van der Waals surface area contributed by atoms with Gasteiger partial charge in [-0.25, -0.2) is 9.78 Å². The number of hydrogen-bond acceptors (Lipinski definition) is 6. The Hall–Kier alpha value is -2.08. The predicted octanol–water partition coefficient (Wildman–Crippen LogP) is 2.42. The molecule has 0 fully saturated rings. The van der Waals surface area contributed by atoms with Crippen LogP contribution in [0.3, 0.4) is 0 Å². The lowest BCUT2D eigenvalue weighted by atomic mass is 10.3. The first-order valence-corrected chi connectivity index (χ1v) is 6.57. The molecule has 0 unspecified atom stereocenters. The van der Waals surface area contributed by atoms with Gasteiger partial charge in [-0.05, 0) is 12.1 Å². The Morgan fingerprint density at radius 1 is 1.37 bits per heavy atom. The van der Waals surface area contributed by atoms with Gasteiger partial charge in [-0.2, -0.15) is 0 Å². The number of para-hydroxylation sites is 1. The first kappa shape index (κ1) is 13.4. The summed E-state index contributed by atoms with van der Waals surface area (Å²) in [5, 5.41) is 3.77. The molecule has 1 aromatic heterocycles. The molecule has 100 valence electrons. The standard InChI is InChI=1S/C13H14N2O3S/c1-17-12(16)11-9-15-13(19-11)14-7-8-18-10-5-3-2-4-6-10/h2-6,9H,7-8H2,1H3,(H,14,15). The molecule has 0 saturated heterocycles. The molecule has 0 amide bonds. The van der Waals surface area contributed by atoms with Crippen molar-refractivity contribution in [3.8, 4) is 5.75 Å². The molecule has 1 heterocycles.